The Bertz CT molecular complexity index is 1260. The predicted molar refractivity (Wildman–Crippen MR) is 120 cm³/mol. The second-order valence-electron chi connectivity index (χ2n) is 7.95. The summed E-state index contributed by atoms with van der Waals surface area (Å²) < 4.78 is 10.4. The molecular formula is C24H22N4O5. The van der Waals surface area contributed by atoms with Crippen molar-refractivity contribution in [3.8, 4) is 5.75 Å². The van der Waals surface area contributed by atoms with Gasteiger partial charge in [-0.05, 0) is 37.3 Å². The molecule has 0 unspecified atom stereocenters. The van der Waals surface area contributed by atoms with E-state index in [1.165, 1.54) is 18.2 Å². The number of para-hydroxylation sites is 2. The highest BCUT2D eigenvalue weighted by molar-refractivity contribution is 6.34. The van der Waals surface area contributed by atoms with E-state index in [0.717, 1.165) is 16.3 Å². The van der Waals surface area contributed by atoms with E-state index in [-0.39, 0.29) is 22.9 Å². The van der Waals surface area contributed by atoms with E-state index in [1.54, 1.807) is 25.0 Å². The number of ether oxygens (including phenoxy) is 1. The molecule has 0 atom stereocenters. The number of amides is 3. The van der Waals surface area contributed by atoms with Crippen LogP contribution in [0.2, 0.25) is 0 Å². The Morgan fingerprint density at radius 2 is 1.70 bits per heavy atom. The minimum absolute atomic E-state index is 0.138. The van der Waals surface area contributed by atoms with Crippen molar-refractivity contribution >= 4 is 29.2 Å². The number of hydrogen-bond acceptors (Lipinski definition) is 7. The second kappa shape index (κ2) is 8.09. The largest absolute Gasteiger partial charge is 0.495 e. The number of carbonyl (C=O) groups excluding carboxylic acids is 3. The van der Waals surface area contributed by atoms with Crippen LogP contribution in [-0.4, -0.2) is 61.1 Å². The van der Waals surface area contributed by atoms with Gasteiger partial charge in [0.15, 0.2) is 5.82 Å². The van der Waals surface area contributed by atoms with Crippen LogP contribution in [0.3, 0.4) is 0 Å². The molecule has 3 aromatic rings. The van der Waals surface area contributed by atoms with Crippen molar-refractivity contribution in [2.24, 2.45) is 0 Å². The monoisotopic (exact) mass is 446 g/mol. The number of imide groups is 1. The maximum atomic E-state index is 13.2. The third-order valence-corrected chi connectivity index (χ3v) is 5.97. The first-order valence-corrected chi connectivity index (χ1v) is 10.6. The van der Waals surface area contributed by atoms with Gasteiger partial charge in [-0.15, -0.1) is 0 Å². The molecule has 1 saturated heterocycles. The standard InChI is InChI=1S/C24H22N4O5/c1-15-13-21(25-33-15)28-23(30)17-8-7-16(14-18(17)24(28)31)22(29)27-11-9-26(10-12-27)19-5-3-4-6-20(19)32-2/h3-8,13-14H,9-12H2,1-2H3. The lowest BCUT2D eigenvalue weighted by atomic mass is 10.0. The molecule has 5 rings (SSSR count). The summed E-state index contributed by atoms with van der Waals surface area (Å²) in [7, 11) is 1.64. The smallest absolute Gasteiger partial charge is 0.267 e. The summed E-state index contributed by atoms with van der Waals surface area (Å²) in [5.74, 6) is 0.259. The normalized spacial score (nSPS) is 15.8. The number of aromatic nitrogens is 1. The fourth-order valence-corrected chi connectivity index (χ4v) is 4.26. The first kappa shape index (κ1) is 20.7. The number of anilines is 2. The fourth-order valence-electron chi connectivity index (χ4n) is 4.26. The highest BCUT2D eigenvalue weighted by atomic mass is 16.5. The molecule has 0 aliphatic carbocycles. The summed E-state index contributed by atoms with van der Waals surface area (Å²) in [5, 5.41) is 3.78. The number of methoxy groups -OCH3 is 1. The zero-order chi connectivity index (χ0) is 23.1. The van der Waals surface area contributed by atoms with E-state index < -0.39 is 11.8 Å². The number of benzene rings is 2. The SMILES string of the molecule is COc1ccccc1N1CCN(C(=O)c2ccc3c(c2)C(=O)N(c2cc(C)on2)C3=O)CC1. The van der Waals surface area contributed by atoms with Crippen molar-refractivity contribution in [2.75, 3.05) is 43.1 Å². The molecule has 3 amide bonds. The number of rotatable bonds is 4. The highest BCUT2D eigenvalue weighted by Crippen LogP contribution is 2.30. The van der Waals surface area contributed by atoms with Gasteiger partial charge in [-0.3, -0.25) is 14.4 Å². The van der Waals surface area contributed by atoms with Crippen LogP contribution in [-0.2, 0) is 0 Å². The average molecular weight is 446 g/mol. The maximum absolute atomic E-state index is 13.2. The van der Waals surface area contributed by atoms with Crippen LogP contribution >= 0.6 is 0 Å². The minimum Gasteiger partial charge on any atom is -0.495 e. The molecular weight excluding hydrogens is 424 g/mol. The number of hydrogen-bond donors (Lipinski definition) is 0. The van der Waals surface area contributed by atoms with Crippen LogP contribution in [0, 0.1) is 6.92 Å². The molecule has 2 aliphatic rings. The Balaban J connectivity index is 1.32. The molecule has 2 aromatic carbocycles. The zero-order valence-electron chi connectivity index (χ0n) is 18.3. The van der Waals surface area contributed by atoms with Crippen molar-refractivity contribution in [3.63, 3.8) is 0 Å². The summed E-state index contributed by atoms with van der Waals surface area (Å²) in [6.45, 7) is 4.07. The molecule has 0 saturated carbocycles. The van der Waals surface area contributed by atoms with Gasteiger partial charge in [0.2, 0.25) is 0 Å². The van der Waals surface area contributed by atoms with Gasteiger partial charge in [0.25, 0.3) is 17.7 Å². The van der Waals surface area contributed by atoms with Gasteiger partial charge < -0.3 is 19.1 Å². The van der Waals surface area contributed by atoms with E-state index in [1.807, 2.05) is 24.3 Å². The molecule has 3 heterocycles. The third kappa shape index (κ3) is 3.51. The van der Waals surface area contributed by atoms with Crippen molar-refractivity contribution in [3.05, 3.63) is 71.0 Å². The Hall–Kier alpha value is -4.14. The Morgan fingerprint density at radius 1 is 0.970 bits per heavy atom. The van der Waals surface area contributed by atoms with E-state index in [2.05, 4.69) is 10.1 Å². The molecule has 0 bridgehead atoms. The topological polar surface area (TPSA) is 96.2 Å². The fraction of sp³-hybridized carbons (Fsp3) is 0.250. The number of piperazine rings is 1. The van der Waals surface area contributed by atoms with Crippen LogP contribution in [0.4, 0.5) is 11.5 Å². The molecule has 9 heteroatoms. The third-order valence-electron chi connectivity index (χ3n) is 5.97. The number of nitrogens with zero attached hydrogens (tertiary/aromatic N) is 4. The Labute approximate surface area is 190 Å². The quantitative estimate of drug-likeness (QED) is 0.569. The van der Waals surface area contributed by atoms with E-state index >= 15 is 0 Å². The van der Waals surface area contributed by atoms with Crippen LogP contribution in [0.25, 0.3) is 0 Å². The van der Waals surface area contributed by atoms with Crippen molar-refractivity contribution in [2.45, 2.75) is 6.92 Å². The molecule has 0 N–H and O–H groups in total. The lowest BCUT2D eigenvalue weighted by molar-refractivity contribution is 0.0746. The Kier molecular flexibility index (Phi) is 5.08. The van der Waals surface area contributed by atoms with E-state index in [4.69, 9.17) is 9.26 Å². The van der Waals surface area contributed by atoms with Crippen molar-refractivity contribution < 1.29 is 23.6 Å². The Morgan fingerprint density at radius 3 is 2.39 bits per heavy atom. The molecule has 1 aromatic heterocycles. The van der Waals surface area contributed by atoms with Crippen molar-refractivity contribution in [1.82, 2.24) is 10.1 Å². The molecule has 0 spiro atoms. The van der Waals surface area contributed by atoms with Gasteiger partial charge in [0.05, 0.1) is 23.9 Å². The zero-order valence-corrected chi connectivity index (χ0v) is 18.3. The molecule has 2 aliphatic heterocycles. The lowest BCUT2D eigenvalue weighted by Crippen LogP contribution is -2.48. The van der Waals surface area contributed by atoms with Gasteiger partial charge in [0, 0.05) is 37.8 Å². The summed E-state index contributed by atoms with van der Waals surface area (Å²) in [6.07, 6.45) is 0. The second-order valence-corrected chi connectivity index (χ2v) is 7.95. The minimum atomic E-state index is -0.515. The van der Waals surface area contributed by atoms with Gasteiger partial charge in [-0.25, -0.2) is 4.90 Å². The molecule has 1 fully saturated rings. The average Bonchev–Trinajstić information content (AvgIpc) is 3.38. The molecule has 0 radical (unpaired) electrons. The molecule has 168 valence electrons. The molecule has 9 nitrogen and oxygen atoms in total. The maximum Gasteiger partial charge on any atom is 0.267 e. The van der Waals surface area contributed by atoms with Gasteiger partial charge in [0.1, 0.15) is 11.5 Å². The van der Waals surface area contributed by atoms with Crippen LogP contribution in [0.15, 0.2) is 53.1 Å². The predicted octanol–water partition coefficient (Wildman–Crippen LogP) is 2.75. The summed E-state index contributed by atoms with van der Waals surface area (Å²) in [6, 6.07) is 13.9. The first-order valence-electron chi connectivity index (χ1n) is 10.6. The van der Waals surface area contributed by atoms with Gasteiger partial charge in [-0.1, -0.05) is 17.3 Å². The molecule has 33 heavy (non-hydrogen) atoms. The van der Waals surface area contributed by atoms with Crippen LogP contribution in [0.1, 0.15) is 36.8 Å². The summed E-state index contributed by atoms with van der Waals surface area (Å²) in [5.41, 5.74) is 1.81. The lowest BCUT2D eigenvalue weighted by Gasteiger charge is -2.36. The highest BCUT2D eigenvalue weighted by Gasteiger charge is 2.39. The number of aryl methyl sites for hydroxylation is 1. The number of fused-ring (bicyclic) bond motifs is 1. The first-order chi connectivity index (χ1) is 16.0. The van der Waals surface area contributed by atoms with Gasteiger partial charge >= 0.3 is 0 Å². The summed E-state index contributed by atoms with van der Waals surface area (Å²) >= 11 is 0. The van der Waals surface area contributed by atoms with Gasteiger partial charge in [-0.2, -0.15) is 0 Å². The van der Waals surface area contributed by atoms with Crippen molar-refractivity contribution in [1.29, 1.82) is 0 Å². The van der Waals surface area contributed by atoms with Crippen LogP contribution in [0.5, 0.6) is 5.75 Å². The van der Waals surface area contributed by atoms with E-state index in [0.29, 0.717) is 37.5 Å². The summed E-state index contributed by atoms with van der Waals surface area (Å²) in [4.78, 5) is 43.7. The van der Waals surface area contributed by atoms with Crippen LogP contribution < -0.4 is 14.5 Å². The number of carbonyl (C=O) groups is 3. The van der Waals surface area contributed by atoms with E-state index in [9.17, 15) is 14.4 Å².